The molecule has 0 heterocycles. The normalized spacial score (nSPS) is 29.1. The molecular weight excluding hydrogens is 134 g/mol. The molecule has 1 unspecified atom stereocenters. The van der Waals surface area contributed by atoms with E-state index in [-0.39, 0.29) is 0 Å². The summed E-state index contributed by atoms with van der Waals surface area (Å²) in [4.78, 5) is 0. The smallest absolute Gasteiger partial charge is 0.0120 e. The number of hydrogen-bond acceptors (Lipinski definition) is 1. The maximum atomic E-state index is 5.76. The molecule has 0 aromatic heterocycles. The van der Waals surface area contributed by atoms with Crippen LogP contribution in [-0.2, 0) is 0 Å². The number of rotatable bonds is 1. The quantitative estimate of drug-likeness (QED) is 0.607. The van der Waals surface area contributed by atoms with Gasteiger partial charge in [-0.2, -0.15) is 0 Å². The van der Waals surface area contributed by atoms with Crippen molar-refractivity contribution in [3.05, 3.63) is 36.0 Å². The standard InChI is InChI=1S/C10H15N/c1-3-4-5-9-7-10(11)6-8(9)2/h3-5,10H,2,6-7,11H2,1H3/b4-3-,9-5-. The van der Waals surface area contributed by atoms with Crippen LogP contribution in [0.2, 0.25) is 0 Å². The lowest BCUT2D eigenvalue weighted by Crippen LogP contribution is -2.13. The first-order chi connectivity index (χ1) is 5.24. The highest BCUT2D eigenvalue weighted by Crippen LogP contribution is 2.27. The predicted molar refractivity (Wildman–Crippen MR) is 49.2 cm³/mol. The first-order valence-corrected chi connectivity index (χ1v) is 3.99. The highest BCUT2D eigenvalue weighted by molar-refractivity contribution is 5.37. The van der Waals surface area contributed by atoms with Crippen LogP contribution >= 0.6 is 0 Å². The van der Waals surface area contributed by atoms with Gasteiger partial charge in [0.25, 0.3) is 0 Å². The summed E-state index contributed by atoms with van der Waals surface area (Å²) in [6.07, 6.45) is 8.12. The van der Waals surface area contributed by atoms with E-state index in [2.05, 4.69) is 12.7 Å². The molecule has 0 saturated heterocycles. The maximum Gasteiger partial charge on any atom is 0.0120 e. The van der Waals surface area contributed by atoms with Gasteiger partial charge in [-0.15, -0.1) is 0 Å². The summed E-state index contributed by atoms with van der Waals surface area (Å²) in [7, 11) is 0. The lowest BCUT2D eigenvalue weighted by atomic mass is 10.1. The van der Waals surface area contributed by atoms with Gasteiger partial charge in [0.05, 0.1) is 0 Å². The van der Waals surface area contributed by atoms with Crippen LogP contribution in [0.25, 0.3) is 0 Å². The topological polar surface area (TPSA) is 26.0 Å². The van der Waals surface area contributed by atoms with E-state index in [1.807, 2.05) is 19.1 Å². The second-order valence-electron chi connectivity index (χ2n) is 2.99. The second-order valence-corrected chi connectivity index (χ2v) is 2.99. The summed E-state index contributed by atoms with van der Waals surface area (Å²) in [5.41, 5.74) is 8.28. The molecule has 0 radical (unpaired) electrons. The van der Waals surface area contributed by atoms with Crippen LogP contribution < -0.4 is 5.73 Å². The molecular formula is C10H15N. The van der Waals surface area contributed by atoms with Crippen LogP contribution in [-0.4, -0.2) is 6.04 Å². The molecule has 1 saturated carbocycles. The van der Waals surface area contributed by atoms with Gasteiger partial charge in [-0.05, 0) is 25.3 Å². The molecule has 0 amide bonds. The molecule has 1 heteroatoms. The average Bonchev–Trinajstić information content (AvgIpc) is 2.26. The Kier molecular flexibility index (Phi) is 2.66. The maximum absolute atomic E-state index is 5.76. The Morgan fingerprint density at radius 2 is 2.27 bits per heavy atom. The van der Waals surface area contributed by atoms with E-state index in [9.17, 15) is 0 Å². The lowest BCUT2D eigenvalue weighted by molar-refractivity contribution is 0.735. The Morgan fingerprint density at radius 3 is 2.73 bits per heavy atom. The van der Waals surface area contributed by atoms with E-state index in [0.29, 0.717) is 6.04 Å². The zero-order chi connectivity index (χ0) is 8.27. The van der Waals surface area contributed by atoms with Gasteiger partial charge in [-0.3, -0.25) is 0 Å². The van der Waals surface area contributed by atoms with E-state index in [0.717, 1.165) is 12.8 Å². The van der Waals surface area contributed by atoms with Gasteiger partial charge in [0.1, 0.15) is 0 Å². The van der Waals surface area contributed by atoms with Crippen molar-refractivity contribution in [3.8, 4) is 0 Å². The fourth-order valence-corrected chi connectivity index (χ4v) is 1.34. The van der Waals surface area contributed by atoms with Gasteiger partial charge in [0.2, 0.25) is 0 Å². The lowest BCUT2D eigenvalue weighted by Gasteiger charge is -1.94. The molecule has 1 aliphatic rings. The molecule has 1 aliphatic carbocycles. The van der Waals surface area contributed by atoms with Crippen molar-refractivity contribution in [2.45, 2.75) is 25.8 Å². The van der Waals surface area contributed by atoms with E-state index in [4.69, 9.17) is 5.73 Å². The van der Waals surface area contributed by atoms with Crippen LogP contribution in [0.5, 0.6) is 0 Å². The zero-order valence-corrected chi connectivity index (χ0v) is 7.01. The molecule has 1 fully saturated rings. The van der Waals surface area contributed by atoms with E-state index in [1.165, 1.54) is 11.1 Å². The molecule has 0 aromatic carbocycles. The van der Waals surface area contributed by atoms with Gasteiger partial charge >= 0.3 is 0 Å². The van der Waals surface area contributed by atoms with Gasteiger partial charge < -0.3 is 5.73 Å². The molecule has 0 aromatic rings. The van der Waals surface area contributed by atoms with Gasteiger partial charge in [-0.1, -0.05) is 30.4 Å². The van der Waals surface area contributed by atoms with E-state index < -0.39 is 0 Å². The summed E-state index contributed by atoms with van der Waals surface area (Å²) < 4.78 is 0. The van der Waals surface area contributed by atoms with Crippen molar-refractivity contribution in [1.29, 1.82) is 0 Å². The van der Waals surface area contributed by atoms with Gasteiger partial charge in [-0.25, -0.2) is 0 Å². The fraction of sp³-hybridized carbons (Fsp3) is 0.400. The SMILES string of the molecule is C=C1CC(N)C/C1=C/C=C\C. The molecule has 60 valence electrons. The Morgan fingerprint density at radius 1 is 1.55 bits per heavy atom. The summed E-state index contributed by atoms with van der Waals surface area (Å²) in [6.45, 7) is 5.97. The summed E-state index contributed by atoms with van der Waals surface area (Å²) >= 11 is 0. The van der Waals surface area contributed by atoms with Gasteiger partial charge in [0, 0.05) is 6.04 Å². The van der Waals surface area contributed by atoms with E-state index in [1.54, 1.807) is 0 Å². The highest BCUT2D eigenvalue weighted by Gasteiger charge is 2.17. The van der Waals surface area contributed by atoms with Crippen LogP contribution in [0.3, 0.4) is 0 Å². The van der Waals surface area contributed by atoms with Crippen molar-refractivity contribution in [2.75, 3.05) is 0 Å². The van der Waals surface area contributed by atoms with Crippen molar-refractivity contribution >= 4 is 0 Å². The number of nitrogens with two attached hydrogens (primary N) is 1. The molecule has 0 aliphatic heterocycles. The van der Waals surface area contributed by atoms with E-state index >= 15 is 0 Å². The third kappa shape index (κ3) is 2.05. The van der Waals surface area contributed by atoms with Crippen LogP contribution in [0.1, 0.15) is 19.8 Å². The van der Waals surface area contributed by atoms with Crippen molar-refractivity contribution in [3.63, 3.8) is 0 Å². The van der Waals surface area contributed by atoms with Crippen molar-refractivity contribution in [1.82, 2.24) is 0 Å². The fourth-order valence-electron chi connectivity index (χ4n) is 1.34. The average molecular weight is 149 g/mol. The third-order valence-electron chi connectivity index (χ3n) is 1.93. The monoisotopic (exact) mass is 149 g/mol. The van der Waals surface area contributed by atoms with Crippen molar-refractivity contribution in [2.24, 2.45) is 5.73 Å². The summed E-state index contributed by atoms with van der Waals surface area (Å²) in [6, 6.07) is 0.305. The molecule has 0 bridgehead atoms. The number of hydrogen-bond donors (Lipinski definition) is 1. The Labute approximate surface area is 68.3 Å². The Hall–Kier alpha value is -0.820. The largest absolute Gasteiger partial charge is 0.327 e. The zero-order valence-electron chi connectivity index (χ0n) is 7.01. The summed E-state index contributed by atoms with van der Waals surface area (Å²) in [5.74, 6) is 0. The first-order valence-electron chi connectivity index (χ1n) is 3.99. The molecule has 11 heavy (non-hydrogen) atoms. The Balaban J connectivity index is 2.67. The third-order valence-corrected chi connectivity index (χ3v) is 1.93. The van der Waals surface area contributed by atoms with Crippen LogP contribution in [0.15, 0.2) is 36.0 Å². The minimum Gasteiger partial charge on any atom is -0.327 e. The Bertz CT molecular complexity index is 211. The minimum atomic E-state index is 0.305. The van der Waals surface area contributed by atoms with Crippen LogP contribution in [0, 0.1) is 0 Å². The summed E-state index contributed by atoms with van der Waals surface area (Å²) in [5, 5.41) is 0. The molecule has 2 N–H and O–H groups in total. The van der Waals surface area contributed by atoms with Crippen molar-refractivity contribution < 1.29 is 0 Å². The van der Waals surface area contributed by atoms with Gasteiger partial charge in [0.15, 0.2) is 0 Å². The minimum absolute atomic E-state index is 0.305. The molecule has 1 nitrogen and oxygen atoms in total. The molecule has 1 atom stereocenters. The second kappa shape index (κ2) is 3.54. The van der Waals surface area contributed by atoms with Crippen LogP contribution in [0.4, 0.5) is 0 Å². The molecule has 1 rings (SSSR count). The predicted octanol–water partition coefficient (Wildman–Crippen LogP) is 2.17. The first kappa shape index (κ1) is 8.28. The molecule has 0 spiro atoms. The number of allylic oxidation sites excluding steroid dienone is 3. The highest BCUT2D eigenvalue weighted by atomic mass is 14.6.